The Balaban J connectivity index is 2.18. The second-order valence-corrected chi connectivity index (χ2v) is 7.55. The first kappa shape index (κ1) is 17.4. The Morgan fingerprint density at radius 2 is 2.09 bits per heavy atom. The van der Waals surface area contributed by atoms with Crippen LogP contribution in [-0.2, 0) is 14.8 Å². The predicted molar refractivity (Wildman–Crippen MR) is 86.3 cm³/mol. The van der Waals surface area contributed by atoms with E-state index in [1.807, 2.05) is 0 Å². The van der Waals surface area contributed by atoms with Gasteiger partial charge in [0.2, 0.25) is 10.0 Å². The molecule has 0 amide bonds. The first-order valence-corrected chi connectivity index (χ1v) is 9.41. The molecule has 1 aliphatic rings. The third kappa shape index (κ3) is 4.28. The molecule has 1 aromatic rings. The third-order valence-corrected chi connectivity index (χ3v) is 5.89. The first-order chi connectivity index (χ1) is 10.4. The number of carbonyl (C=O) groups is 1. The topological polar surface area (TPSA) is 84.5 Å². The fraction of sp³-hybridized carbons (Fsp3) is 0.500. The van der Waals surface area contributed by atoms with Gasteiger partial charge in [0.25, 0.3) is 0 Å². The van der Waals surface area contributed by atoms with Crippen molar-refractivity contribution >= 4 is 31.9 Å². The molecule has 8 heteroatoms. The molecular weight excluding hydrogens is 372 g/mol. The van der Waals surface area contributed by atoms with Crippen LogP contribution in [0.2, 0.25) is 0 Å². The molecular formula is C14H19BrN2O4S. The molecule has 1 heterocycles. The number of rotatable bonds is 5. The van der Waals surface area contributed by atoms with Crippen LogP contribution in [0.1, 0.15) is 30.1 Å². The van der Waals surface area contributed by atoms with Gasteiger partial charge in [-0.15, -0.1) is 0 Å². The van der Waals surface area contributed by atoms with Crippen LogP contribution in [0.15, 0.2) is 27.6 Å². The van der Waals surface area contributed by atoms with Crippen molar-refractivity contribution in [2.45, 2.75) is 30.7 Å². The van der Waals surface area contributed by atoms with Crippen LogP contribution in [0.4, 0.5) is 0 Å². The van der Waals surface area contributed by atoms with E-state index in [2.05, 4.69) is 26.0 Å². The van der Waals surface area contributed by atoms with Gasteiger partial charge in [-0.3, -0.25) is 0 Å². The Morgan fingerprint density at radius 1 is 1.41 bits per heavy atom. The number of ether oxygens (including phenoxy) is 1. The standard InChI is InChI=1S/C14H19BrN2O4S/c1-2-21-14(18)10-3-4-13(12(15)9-10)22(19,20)17-11-5-7-16-8-6-11/h3-4,9,11,16-17H,2,5-8H2,1H3. The molecule has 1 aliphatic heterocycles. The van der Waals surface area contributed by atoms with E-state index in [4.69, 9.17) is 4.74 Å². The maximum Gasteiger partial charge on any atom is 0.338 e. The van der Waals surface area contributed by atoms with Gasteiger partial charge >= 0.3 is 5.97 Å². The van der Waals surface area contributed by atoms with Crippen molar-refractivity contribution in [1.82, 2.24) is 10.0 Å². The van der Waals surface area contributed by atoms with Crippen LogP contribution in [-0.4, -0.2) is 40.1 Å². The van der Waals surface area contributed by atoms with Gasteiger partial charge in [-0.2, -0.15) is 0 Å². The number of piperidine rings is 1. The SMILES string of the molecule is CCOC(=O)c1ccc(S(=O)(=O)NC2CCNCC2)c(Br)c1. The fourth-order valence-corrected chi connectivity index (χ4v) is 4.67. The van der Waals surface area contributed by atoms with Crippen molar-refractivity contribution in [2.75, 3.05) is 19.7 Å². The highest BCUT2D eigenvalue weighted by Crippen LogP contribution is 2.24. The number of esters is 1. The summed E-state index contributed by atoms with van der Waals surface area (Å²) < 4.78 is 32.9. The molecule has 0 saturated carbocycles. The summed E-state index contributed by atoms with van der Waals surface area (Å²) in [4.78, 5) is 11.8. The highest BCUT2D eigenvalue weighted by Gasteiger charge is 2.24. The van der Waals surface area contributed by atoms with Gasteiger partial charge in [0.15, 0.2) is 0 Å². The fourth-order valence-electron chi connectivity index (χ4n) is 2.28. The van der Waals surface area contributed by atoms with Gasteiger partial charge in [0.1, 0.15) is 0 Å². The van der Waals surface area contributed by atoms with E-state index in [1.54, 1.807) is 6.92 Å². The Hall–Kier alpha value is -0.960. The zero-order chi connectivity index (χ0) is 16.2. The summed E-state index contributed by atoms with van der Waals surface area (Å²) in [7, 11) is -3.62. The van der Waals surface area contributed by atoms with E-state index in [1.165, 1.54) is 18.2 Å². The molecule has 0 aromatic heterocycles. The predicted octanol–water partition coefficient (Wildman–Crippen LogP) is 1.66. The number of nitrogens with one attached hydrogen (secondary N) is 2. The molecule has 0 spiro atoms. The summed E-state index contributed by atoms with van der Waals surface area (Å²) in [6.07, 6.45) is 1.52. The molecule has 0 radical (unpaired) electrons. The zero-order valence-electron chi connectivity index (χ0n) is 12.3. The lowest BCUT2D eigenvalue weighted by atomic mass is 10.1. The third-order valence-electron chi connectivity index (χ3n) is 3.39. The maximum atomic E-state index is 12.5. The van der Waals surface area contributed by atoms with E-state index >= 15 is 0 Å². The Kier molecular flexibility index (Phi) is 5.96. The van der Waals surface area contributed by atoms with Crippen LogP contribution in [0.3, 0.4) is 0 Å². The first-order valence-electron chi connectivity index (χ1n) is 7.13. The molecule has 0 bridgehead atoms. The summed E-state index contributed by atoms with van der Waals surface area (Å²) >= 11 is 3.23. The number of carbonyl (C=O) groups excluding carboxylic acids is 1. The molecule has 1 aromatic carbocycles. The van der Waals surface area contributed by atoms with Crippen molar-refractivity contribution < 1.29 is 17.9 Å². The van der Waals surface area contributed by atoms with Crippen LogP contribution >= 0.6 is 15.9 Å². The quantitative estimate of drug-likeness (QED) is 0.746. The minimum absolute atomic E-state index is 0.0668. The highest BCUT2D eigenvalue weighted by molar-refractivity contribution is 9.10. The van der Waals surface area contributed by atoms with Gasteiger partial charge in [-0.05, 0) is 67.0 Å². The second-order valence-electron chi connectivity index (χ2n) is 5.01. The van der Waals surface area contributed by atoms with Gasteiger partial charge in [0.05, 0.1) is 17.1 Å². The molecule has 2 rings (SSSR count). The van der Waals surface area contributed by atoms with Crippen LogP contribution < -0.4 is 10.0 Å². The Labute approximate surface area is 138 Å². The summed E-state index contributed by atoms with van der Waals surface area (Å²) in [5, 5.41) is 3.19. The van der Waals surface area contributed by atoms with Gasteiger partial charge in [-0.1, -0.05) is 0 Å². The van der Waals surface area contributed by atoms with E-state index in [0.29, 0.717) is 10.0 Å². The maximum absolute atomic E-state index is 12.5. The number of benzene rings is 1. The monoisotopic (exact) mass is 390 g/mol. The minimum Gasteiger partial charge on any atom is -0.462 e. The van der Waals surface area contributed by atoms with Crippen molar-refractivity contribution in [1.29, 1.82) is 0 Å². The molecule has 6 nitrogen and oxygen atoms in total. The van der Waals surface area contributed by atoms with Crippen molar-refractivity contribution in [3.8, 4) is 0 Å². The largest absolute Gasteiger partial charge is 0.462 e. The zero-order valence-corrected chi connectivity index (χ0v) is 14.7. The normalized spacial score (nSPS) is 16.5. The number of hydrogen-bond donors (Lipinski definition) is 2. The molecule has 122 valence electrons. The summed E-state index contributed by atoms with van der Waals surface area (Å²) in [6.45, 7) is 3.59. The smallest absolute Gasteiger partial charge is 0.338 e. The summed E-state index contributed by atoms with van der Waals surface area (Å²) in [6, 6.07) is 4.27. The Morgan fingerprint density at radius 3 is 2.68 bits per heavy atom. The average Bonchev–Trinajstić information content (AvgIpc) is 2.47. The highest BCUT2D eigenvalue weighted by atomic mass is 79.9. The molecule has 0 aliphatic carbocycles. The molecule has 0 unspecified atom stereocenters. The second kappa shape index (κ2) is 7.54. The van der Waals surface area contributed by atoms with E-state index in [-0.39, 0.29) is 17.5 Å². The van der Waals surface area contributed by atoms with Crippen molar-refractivity contribution in [3.63, 3.8) is 0 Å². The van der Waals surface area contributed by atoms with E-state index in [0.717, 1.165) is 25.9 Å². The van der Waals surface area contributed by atoms with Gasteiger partial charge < -0.3 is 10.1 Å². The van der Waals surface area contributed by atoms with Crippen LogP contribution in [0, 0.1) is 0 Å². The lowest BCUT2D eigenvalue weighted by Gasteiger charge is -2.23. The molecule has 22 heavy (non-hydrogen) atoms. The Bertz CT molecular complexity index is 642. The lowest BCUT2D eigenvalue weighted by Crippen LogP contribution is -2.42. The van der Waals surface area contributed by atoms with Crippen molar-refractivity contribution in [2.24, 2.45) is 0 Å². The molecule has 1 fully saturated rings. The summed E-state index contributed by atoms with van der Waals surface area (Å²) in [5.41, 5.74) is 0.314. The van der Waals surface area contributed by atoms with Crippen molar-refractivity contribution in [3.05, 3.63) is 28.2 Å². The molecule has 0 atom stereocenters. The van der Waals surface area contributed by atoms with E-state index in [9.17, 15) is 13.2 Å². The van der Waals surface area contributed by atoms with Gasteiger partial charge in [0, 0.05) is 10.5 Å². The van der Waals surface area contributed by atoms with Crippen LogP contribution in [0.25, 0.3) is 0 Å². The number of hydrogen-bond acceptors (Lipinski definition) is 5. The lowest BCUT2D eigenvalue weighted by molar-refractivity contribution is 0.0526. The number of sulfonamides is 1. The van der Waals surface area contributed by atoms with Crippen LogP contribution in [0.5, 0.6) is 0 Å². The average molecular weight is 391 g/mol. The number of halogens is 1. The van der Waals surface area contributed by atoms with Gasteiger partial charge in [-0.25, -0.2) is 17.9 Å². The minimum atomic E-state index is -3.62. The summed E-state index contributed by atoms with van der Waals surface area (Å²) in [5.74, 6) is -0.474. The molecule has 2 N–H and O–H groups in total. The molecule has 1 saturated heterocycles. The van der Waals surface area contributed by atoms with E-state index < -0.39 is 16.0 Å².